The molecule has 26 heavy (non-hydrogen) atoms. The molecular weight excluding hydrogens is 348 g/mol. The van der Waals surface area contributed by atoms with Crippen LogP contribution in [0.4, 0.5) is 0 Å². The molecule has 1 aromatic heterocycles. The topological polar surface area (TPSA) is 70.1 Å². The first-order chi connectivity index (χ1) is 12.5. The number of H-pyrrole nitrogens is 1. The zero-order valence-electron chi connectivity index (χ0n) is 14.5. The van der Waals surface area contributed by atoms with Crippen molar-refractivity contribution in [1.29, 1.82) is 0 Å². The molecule has 0 aliphatic carbocycles. The zero-order valence-corrected chi connectivity index (χ0v) is 15.3. The molecule has 0 unspecified atom stereocenters. The molecule has 1 heterocycles. The highest BCUT2D eigenvalue weighted by Crippen LogP contribution is 2.26. The molecule has 0 bridgehead atoms. The van der Waals surface area contributed by atoms with Crippen LogP contribution in [0.5, 0.6) is 0 Å². The van der Waals surface area contributed by atoms with Gasteiger partial charge in [0.2, 0.25) is 0 Å². The van der Waals surface area contributed by atoms with Crippen molar-refractivity contribution in [3.8, 4) is 11.3 Å². The molecule has 5 nitrogen and oxygen atoms in total. The number of aromatic nitrogens is 2. The Kier molecular flexibility index (Phi) is 5.49. The first-order valence-electron chi connectivity index (χ1n) is 8.28. The molecule has 2 N–H and O–H groups in total. The van der Waals surface area contributed by atoms with Gasteiger partial charge in [0.15, 0.2) is 0 Å². The van der Waals surface area contributed by atoms with Gasteiger partial charge >= 0.3 is 0 Å². The molecule has 3 rings (SSSR count). The van der Waals surface area contributed by atoms with Gasteiger partial charge in [-0.05, 0) is 29.2 Å². The fourth-order valence-electron chi connectivity index (χ4n) is 2.44. The van der Waals surface area contributed by atoms with Crippen molar-refractivity contribution in [3.63, 3.8) is 0 Å². The molecule has 0 spiro atoms. The van der Waals surface area contributed by atoms with Crippen molar-refractivity contribution in [2.24, 2.45) is 5.10 Å². The van der Waals surface area contributed by atoms with Crippen molar-refractivity contribution in [2.45, 2.75) is 19.8 Å². The highest BCUT2D eigenvalue weighted by atomic mass is 35.5. The Hall–Kier alpha value is -2.92. The first kappa shape index (κ1) is 17.9. The van der Waals surface area contributed by atoms with Gasteiger partial charge < -0.3 is 0 Å². The van der Waals surface area contributed by atoms with Gasteiger partial charge in [-0.15, -0.1) is 0 Å². The van der Waals surface area contributed by atoms with Crippen LogP contribution in [0.3, 0.4) is 0 Å². The summed E-state index contributed by atoms with van der Waals surface area (Å²) < 4.78 is 0. The van der Waals surface area contributed by atoms with Crippen LogP contribution in [-0.2, 0) is 0 Å². The largest absolute Gasteiger partial charge is 0.289 e. The molecule has 0 aliphatic heterocycles. The smallest absolute Gasteiger partial charge is 0.272 e. The van der Waals surface area contributed by atoms with Gasteiger partial charge in [0, 0.05) is 5.56 Å². The van der Waals surface area contributed by atoms with Crippen molar-refractivity contribution in [1.82, 2.24) is 15.6 Å². The van der Waals surface area contributed by atoms with E-state index in [0.29, 0.717) is 22.3 Å². The third kappa shape index (κ3) is 4.18. The second kappa shape index (κ2) is 7.97. The summed E-state index contributed by atoms with van der Waals surface area (Å²) >= 11 is 6.15. The van der Waals surface area contributed by atoms with E-state index >= 15 is 0 Å². The fourth-order valence-corrected chi connectivity index (χ4v) is 2.67. The average Bonchev–Trinajstić information content (AvgIpc) is 3.12. The fraction of sp³-hybridized carbons (Fsp3) is 0.150. The number of carbonyl (C=O) groups excluding carboxylic acids is 1. The van der Waals surface area contributed by atoms with E-state index in [9.17, 15) is 4.79 Å². The summed E-state index contributed by atoms with van der Waals surface area (Å²) in [5.74, 6) is 0.110. The molecule has 1 amide bonds. The summed E-state index contributed by atoms with van der Waals surface area (Å²) in [7, 11) is 0. The van der Waals surface area contributed by atoms with E-state index < -0.39 is 0 Å². The summed E-state index contributed by atoms with van der Waals surface area (Å²) in [6.07, 6.45) is 1.60. The van der Waals surface area contributed by atoms with Gasteiger partial charge in [-0.2, -0.15) is 10.2 Å². The maximum Gasteiger partial charge on any atom is 0.289 e. The Bertz CT molecular complexity index is 929. The Balaban J connectivity index is 1.64. The Morgan fingerprint density at radius 1 is 1.19 bits per heavy atom. The molecule has 3 aromatic rings. The predicted molar refractivity (Wildman–Crippen MR) is 105 cm³/mol. The summed E-state index contributed by atoms with van der Waals surface area (Å²) in [6.45, 7) is 4.29. The molecule has 6 heteroatoms. The molecular formula is C20H19ClN4O. The molecule has 0 saturated carbocycles. The average molecular weight is 367 g/mol. The van der Waals surface area contributed by atoms with E-state index in [1.807, 2.05) is 30.3 Å². The number of hydrazone groups is 1. The summed E-state index contributed by atoms with van der Waals surface area (Å²) in [6, 6.07) is 17.0. The van der Waals surface area contributed by atoms with Gasteiger partial charge in [-0.1, -0.05) is 67.9 Å². The van der Waals surface area contributed by atoms with Crippen molar-refractivity contribution >= 4 is 23.7 Å². The Morgan fingerprint density at radius 3 is 2.62 bits per heavy atom. The quantitative estimate of drug-likeness (QED) is 0.511. The van der Waals surface area contributed by atoms with Crippen LogP contribution < -0.4 is 5.43 Å². The van der Waals surface area contributed by atoms with Gasteiger partial charge in [-0.25, -0.2) is 5.43 Å². The lowest BCUT2D eigenvalue weighted by atomic mass is 10.0. The van der Waals surface area contributed by atoms with Crippen LogP contribution in [0.25, 0.3) is 11.3 Å². The maximum atomic E-state index is 12.2. The minimum atomic E-state index is -0.370. The predicted octanol–water partition coefficient (Wildman–Crippen LogP) is 4.62. The van der Waals surface area contributed by atoms with Crippen LogP contribution in [0, 0.1) is 0 Å². The van der Waals surface area contributed by atoms with E-state index in [0.717, 1.165) is 11.1 Å². The van der Waals surface area contributed by atoms with Crippen LogP contribution in [-0.4, -0.2) is 22.3 Å². The van der Waals surface area contributed by atoms with Crippen LogP contribution in [0.2, 0.25) is 5.02 Å². The van der Waals surface area contributed by atoms with Gasteiger partial charge in [0.25, 0.3) is 5.91 Å². The number of aromatic amines is 1. The standard InChI is InChI=1S/C20H19ClN4O/c1-13(2)15-9-7-14(8-10-15)12-22-25-20(26)19-11-18(23-24-19)16-5-3-4-6-17(16)21/h3-13H,1-2H3,(H,23,24)(H,25,26)/b22-12-. The Labute approximate surface area is 157 Å². The number of hydrogen-bond acceptors (Lipinski definition) is 3. The number of nitrogens with one attached hydrogen (secondary N) is 2. The minimum Gasteiger partial charge on any atom is -0.272 e. The summed E-state index contributed by atoms with van der Waals surface area (Å²) in [4.78, 5) is 12.2. The number of amides is 1. The van der Waals surface area contributed by atoms with Gasteiger partial charge in [0.1, 0.15) is 5.69 Å². The van der Waals surface area contributed by atoms with Crippen molar-refractivity contribution < 1.29 is 4.79 Å². The van der Waals surface area contributed by atoms with E-state index in [2.05, 4.69) is 46.7 Å². The number of halogens is 1. The van der Waals surface area contributed by atoms with Crippen molar-refractivity contribution in [3.05, 3.63) is 76.4 Å². The SMILES string of the molecule is CC(C)c1ccc(/C=N\NC(=O)c2cc(-c3ccccc3Cl)n[nH]2)cc1. The number of benzene rings is 2. The maximum absolute atomic E-state index is 12.2. The Morgan fingerprint density at radius 2 is 1.92 bits per heavy atom. The van der Waals surface area contributed by atoms with Crippen LogP contribution >= 0.6 is 11.6 Å². The number of rotatable bonds is 5. The molecule has 0 fully saturated rings. The van der Waals surface area contributed by atoms with E-state index in [1.165, 1.54) is 5.56 Å². The number of nitrogens with zero attached hydrogens (tertiary/aromatic N) is 2. The molecule has 132 valence electrons. The van der Waals surface area contributed by atoms with Gasteiger partial charge in [0.05, 0.1) is 16.9 Å². The molecule has 2 aromatic carbocycles. The number of carbonyl (C=O) groups is 1. The second-order valence-electron chi connectivity index (χ2n) is 6.17. The zero-order chi connectivity index (χ0) is 18.5. The van der Waals surface area contributed by atoms with Crippen molar-refractivity contribution in [2.75, 3.05) is 0 Å². The third-order valence-corrected chi connectivity index (χ3v) is 4.28. The monoisotopic (exact) mass is 366 g/mol. The summed E-state index contributed by atoms with van der Waals surface area (Å²) in [5.41, 5.74) is 6.34. The minimum absolute atomic E-state index is 0.312. The van der Waals surface area contributed by atoms with Crippen LogP contribution in [0.15, 0.2) is 59.7 Å². The molecule has 0 aliphatic rings. The normalized spacial score (nSPS) is 11.2. The summed E-state index contributed by atoms with van der Waals surface area (Å²) in [5, 5.41) is 11.4. The number of hydrogen-bond donors (Lipinski definition) is 2. The van der Waals surface area contributed by atoms with Gasteiger partial charge in [-0.3, -0.25) is 9.89 Å². The molecule has 0 atom stereocenters. The lowest BCUT2D eigenvalue weighted by Crippen LogP contribution is -2.18. The highest BCUT2D eigenvalue weighted by molar-refractivity contribution is 6.33. The van der Waals surface area contributed by atoms with E-state index in [4.69, 9.17) is 11.6 Å². The third-order valence-electron chi connectivity index (χ3n) is 3.96. The molecule has 0 radical (unpaired) electrons. The van der Waals surface area contributed by atoms with E-state index in [-0.39, 0.29) is 5.91 Å². The van der Waals surface area contributed by atoms with E-state index in [1.54, 1.807) is 18.3 Å². The lowest BCUT2D eigenvalue weighted by Gasteiger charge is -2.04. The molecule has 0 saturated heterocycles. The second-order valence-corrected chi connectivity index (χ2v) is 6.57. The lowest BCUT2D eigenvalue weighted by molar-refractivity contribution is 0.0950. The van der Waals surface area contributed by atoms with Crippen LogP contribution in [0.1, 0.15) is 41.4 Å². The first-order valence-corrected chi connectivity index (χ1v) is 8.66. The highest BCUT2D eigenvalue weighted by Gasteiger charge is 2.12.